The van der Waals surface area contributed by atoms with E-state index in [0.29, 0.717) is 11.8 Å². The van der Waals surface area contributed by atoms with Crippen molar-refractivity contribution < 1.29 is 4.42 Å². The summed E-state index contributed by atoms with van der Waals surface area (Å²) in [6, 6.07) is 0.758. The van der Waals surface area contributed by atoms with Crippen LogP contribution in [0.4, 0.5) is 0 Å². The van der Waals surface area contributed by atoms with E-state index in [4.69, 9.17) is 4.42 Å². The Bertz CT molecular complexity index is 548. The predicted octanol–water partition coefficient (Wildman–Crippen LogP) is 2.23. The Hall–Kier alpha value is -1.34. The van der Waals surface area contributed by atoms with Crippen molar-refractivity contribution in [2.75, 3.05) is 6.54 Å². The molecule has 2 aromatic heterocycles. The van der Waals surface area contributed by atoms with Gasteiger partial charge < -0.3 is 9.73 Å². The monoisotopic (exact) mass is 293 g/mol. The van der Waals surface area contributed by atoms with Crippen molar-refractivity contribution in [3.63, 3.8) is 0 Å². The molecule has 0 aromatic carbocycles. The van der Waals surface area contributed by atoms with Gasteiger partial charge in [-0.1, -0.05) is 17.8 Å². The molecular formula is C13H19N5OS. The van der Waals surface area contributed by atoms with Crippen LogP contribution in [0.3, 0.4) is 0 Å². The quantitative estimate of drug-likeness (QED) is 0.752. The number of hydrogen-bond donors (Lipinski definition) is 1. The second kappa shape index (κ2) is 6.41. The molecule has 0 atom stereocenters. The van der Waals surface area contributed by atoms with Crippen LogP contribution in [-0.4, -0.2) is 32.4 Å². The second-order valence-corrected chi connectivity index (χ2v) is 5.89. The summed E-state index contributed by atoms with van der Waals surface area (Å²) in [4.78, 5) is 0.918. The number of rotatable bonds is 8. The molecule has 2 aromatic rings. The summed E-state index contributed by atoms with van der Waals surface area (Å²) in [5.41, 5.74) is 0.961. The first-order valence-corrected chi connectivity index (χ1v) is 8.01. The minimum absolute atomic E-state index is 0.564. The first-order valence-electron chi connectivity index (χ1n) is 7.24. The van der Waals surface area contributed by atoms with Crippen LogP contribution in [0.25, 0.3) is 10.8 Å². The van der Waals surface area contributed by atoms with Gasteiger partial charge in [0.1, 0.15) is 4.88 Å². The van der Waals surface area contributed by atoms with Crippen molar-refractivity contribution in [1.82, 2.24) is 25.1 Å². The molecule has 0 bridgehead atoms. The molecule has 6 nitrogen and oxygen atoms in total. The van der Waals surface area contributed by atoms with Gasteiger partial charge in [0.2, 0.25) is 5.89 Å². The summed E-state index contributed by atoms with van der Waals surface area (Å²) in [6.45, 7) is 3.14. The Morgan fingerprint density at radius 2 is 2.15 bits per heavy atom. The maximum atomic E-state index is 5.72. The Morgan fingerprint density at radius 1 is 1.25 bits per heavy atom. The molecule has 0 radical (unpaired) electrons. The topological polar surface area (TPSA) is 76.7 Å². The molecule has 1 aliphatic rings. The third-order valence-electron chi connectivity index (χ3n) is 3.28. The molecule has 1 fully saturated rings. The lowest BCUT2D eigenvalue weighted by Gasteiger charge is -1.99. The van der Waals surface area contributed by atoms with Gasteiger partial charge >= 0.3 is 0 Å². The Kier molecular flexibility index (Phi) is 4.37. The molecule has 0 unspecified atom stereocenters. The van der Waals surface area contributed by atoms with E-state index in [0.717, 1.165) is 48.8 Å². The van der Waals surface area contributed by atoms with Crippen molar-refractivity contribution in [1.29, 1.82) is 0 Å². The average molecular weight is 293 g/mol. The molecule has 0 saturated heterocycles. The zero-order chi connectivity index (χ0) is 13.8. The number of aryl methyl sites for hydroxylation is 2. The number of aromatic nitrogens is 4. The molecule has 7 heteroatoms. The molecule has 1 N–H and O–H groups in total. The molecule has 1 saturated carbocycles. The zero-order valence-corrected chi connectivity index (χ0v) is 12.4. The molecule has 0 amide bonds. The number of hydrogen-bond acceptors (Lipinski definition) is 7. The third-order valence-corrected chi connectivity index (χ3v) is 4.04. The lowest BCUT2D eigenvalue weighted by Crippen LogP contribution is -2.17. The van der Waals surface area contributed by atoms with Crippen LogP contribution in [0, 0.1) is 0 Å². The highest BCUT2D eigenvalue weighted by Gasteiger charge is 2.20. The molecule has 108 valence electrons. The molecule has 1 aliphatic carbocycles. The summed E-state index contributed by atoms with van der Waals surface area (Å²) in [6.07, 6.45) is 6.43. The highest BCUT2D eigenvalue weighted by Crippen LogP contribution is 2.26. The smallest absolute Gasteiger partial charge is 0.261 e. The number of nitrogens with one attached hydrogen (secondary N) is 1. The van der Waals surface area contributed by atoms with Crippen LogP contribution in [0.5, 0.6) is 0 Å². The van der Waals surface area contributed by atoms with Gasteiger partial charge in [-0.3, -0.25) is 0 Å². The van der Waals surface area contributed by atoms with Crippen LogP contribution in [0.1, 0.15) is 44.2 Å². The Morgan fingerprint density at radius 3 is 2.95 bits per heavy atom. The maximum Gasteiger partial charge on any atom is 0.261 e. The summed E-state index contributed by atoms with van der Waals surface area (Å²) in [5.74, 6) is 1.27. The van der Waals surface area contributed by atoms with Gasteiger partial charge in [-0.05, 0) is 43.8 Å². The summed E-state index contributed by atoms with van der Waals surface area (Å²) in [5, 5.41) is 15.8. The first kappa shape index (κ1) is 13.6. The Balaban J connectivity index is 1.56. The van der Waals surface area contributed by atoms with Gasteiger partial charge in [0.15, 0.2) is 0 Å². The van der Waals surface area contributed by atoms with Crippen LogP contribution >= 0.6 is 11.5 Å². The standard InChI is InChI=1S/C13H19N5OS/c1-2-4-10-12(20-18-15-10)13-17-16-11(19-13)5-3-8-14-9-6-7-9/h9,14H,2-8H2,1H3. The average Bonchev–Trinajstić information content (AvgIpc) is 2.97. The lowest BCUT2D eigenvalue weighted by atomic mass is 10.2. The van der Waals surface area contributed by atoms with Gasteiger partial charge in [0.25, 0.3) is 5.89 Å². The molecule has 0 spiro atoms. The first-order chi connectivity index (χ1) is 9.86. The third kappa shape index (κ3) is 3.40. The fourth-order valence-electron chi connectivity index (χ4n) is 2.05. The lowest BCUT2D eigenvalue weighted by molar-refractivity contribution is 0.491. The largest absolute Gasteiger partial charge is 0.420 e. The van der Waals surface area contributed by atoms with E-state index in [-0.39, 0.29) is 0 Å². The highest BCUT2D eigenvalue weighted by atomic mass is 32.1. The van der Waals surface area contributed by atoms with E-state index in [1.807, 2.05) is 0 Å². The zero-order valence-electron chi connectivity index (χ0n) is 11.6. The van der Waals surface area contributed by atoms with E-state index < -0.39 is 0 Å². The van der Waals surface area contributed by atoms with Crippen LogP contribution in [0.2, 0.25) is 0 Å². The Labute approximate surface area is 122 Å². The van der Waals surface area contributed by atoms with Crippen LogP contribution in [0.15, 0.2) is 4.42 Å². The van der Waals surface area contributed by atoms with E-state index in [9.17, 15) is 0 Å². The highest BCUT2D eigenvalue weighted by molar-refractivity contribution is 7.09. The summed E-state index contributed by atoms with van der Waals surface area (Å²) < 4.78 is 9.70. The maximum absolute atomic E-state index is 5.72. The van der Waals surface area contributed by atoms with Gasteiger partial charge in [-0.15, -0.1) is 15.3 Å². The molecule has 2 heterocycles. The number of nitrogens with zero attached hydrogens (tertiary/aromatic N) is 4. The van der Waals surface area contributed by atoms with E-state index >= 15 is 0 Å². The normalized spacial score (nSPS) is 14.8. The second-order valence-electron chi connectivity index (χ2n) is 5.13. The predicted molar refractivity (Wildman–Crippen MR) is 76.5 cm³/mol. The van der Waals surface area contributed by atoms with E-state index in [1.54, 1.807) is 0 Å². The van der Waals surface area contributed by atoms with Crippen molar-refractivity contribution in [3.8, 4) is 10.8 Å². The van der Waals surface area contributed by atoms with E-state index in [1.165, 1.54) is 24.4 Å². The SMILES string of the molecule is CCCc1nnsc1-c1nnc(CCCNC2CC2)o1. The minimum Gasteiger partial charge on any atom is -0.420 e. The van der Waals surface area contributed by atoms with Crippen molar-refractivity contribution in [3.05, 3.63) is 11.6 Å². The van der Waals surface area contributed by atoms with Gasteiger partial charge in [0, 0.05) is 12.5 Å². The van der Waals surface area contributed by atoms with Crippen molar-refractivity contribution >= 4 is 11.5 Å². The van der Waals surface area contributed by atoms with Crippen molar-refractivity contribution in [2.45, 2.75) is 51.5 Å². The van der Waals surface area contributed by atoms with Crippen LogP contribution in [-0.2, 0) is 12.8 Å². The molecule has 3 rings (SSSR count). The summed E-state index contributed by atoms with van der Waals surface area (Å²) in [7, 11) is 0. The fraction of sp³-hybridized carbons (Fsp3) is 0.692. The molecule has 20 heavy (non-hydrogen) atoms. The van der Waals surface area contributed by atoms with E-state index in [2.05, 4.69) is 32.0 Å². The molecular weight excluding hydrogens is 274 g/mol. The van der Waals surface area contributed by atoms with Gasteiger partial charge in [-0.25, -0.2) is 0 Å². The van der Waals surface area contributed by atoms with Crippen LogP contribution < -0.4 is 5.32 Å². The molecule has 0 aliphatic heterocycles. The van der Waals surface area contributed by atoms with Gasteiger partial charge in [0.05, 0.1) is 5.69 Å². The van der Waals surface area contributed by atoms with Crippen molar-refractivity contribution in [2.24, 2.45) is 0 Å². The van der Waals surface area contributed by atoms with Gasteiger partial charge in [-0.2, -0.15) is 0 Å². The summed E-state index contributed by atoms with van der Waals surface area (Å²) >= 11 is 1.33. The fourth-order valence-corrected chi connectivity index (χ4v) is 2.68. The minimum atomic E-state index is 0.564.